The number of aromatic nitrogens is 2. The van der Waals surface area contributed by atoms with E-state index >= 15 is 0 Å². The smallest absolute Gasteiger partial charge is 0.241 e. The summed E-state index contributed by atoms with van der Waals surface area (Å²) in [5.41, 5.74) is 7.89. The molecule has 0 saturated carbocycles. The predicted octanol–water partition coefficient (Wildman–Crippen LogP) is 0.607. The number of amides is 1. The summed E-state index contributed by atoms with van der Waals surface area (Å²) in [5.74, 6) is -0.100. The van der Waals surface area contributed by atoms with Crippen molar-refractivity contribution in [1.29, 1.82) is 0 Å². The van der Waals surface area contributed by atoms with Crippen LogP contribution in [0.5, 0.6) is 0 Å². The van der Waals surface area contributed by atoms with Gasteiger partial charge >= 0.3 is 0 Å². The van der Waals surface area contributed by atoms with Crippen molar-refractivity contribution in [2.45, 2.75) is 40.7 Å². The van der Waals surface area contributed by atoms with Crippen molar-refractivity contribution in [3.05, 3.63) is 11.4 Å². The average molecular weight is 268 g/mol. The molecule has 1 aromatic rings. The van der Waals surface area contributed by atoms with Crippen molar-refractivity contribution in [1.82, 2.24) is 15.1 Å². The number of rotatable bonds is 6. The largest absolute Gasteiger partial charge is 0.396 e. The molecule has 1 heterocycles. The summed E-state index contributed by atoms with van der Waals surface area (Å²) in [7, 11) is 0. The van der Waals surface area contributed by atoms with Gasteiger partial charge < -0.3 is 16.2 Å². The Labute approximate surface area is 114 Å². The minimum atomic E-state index is -0.113. The highest BCUT2D eigenvalue weighted by atomic mass is 16.3. The number of nitrogen functional groups attached to an aromatic ring is 1. The zero-order chi connectivity index (χ0) is 14.6. The van der Waals surface area contributed by atoms with Gasteiger partial charge in [-0.2, -0.15) is 5.10 Å². The van der Waals surface area contributed by atoms with Crippen LogP contribution in [0.15, 0.2) is 0 Å². The van der Waals surface area contributed by atoms with Crippen LogP contribution < -0.4 is 11.1 Å². The Bertz CT molecular complexity index is 452. The first-order valence-electron chi connectivity index (χ1n) is 6.44. The van der Waals surface area contributed by atoms with E-state index < -0.39 is 0 Å². The van der Waals surface area contributed by atoms with Gasteiger partial charge in [0.1, 0.15) is 6.54 Å². The molecule has 4 N–H and O–H groups in total. The number of nitrogens with one attached hydrogen (secondary N) is 1. The van der Waals surface area contributed by atoms with Crippen molar-refractivity contribution in [3.63, 3.8) is 0 Å². The fourth-order valence-corrected chi connectivity index (χ4v) is 1.79. The van der Waals surface area contributed by atoms with Crippen LogP contribution in [0.3, 0.4) is 0 Å². The maximum atomic E-state index is 11.9. The Morgan fingerprint density at radius 3 is 2.58 bits per heavy atom. The molecule has 108 valence electrons. The van der Waals surface area contributed by atoms with E-state index in [0.29, 0.717) is 18.7 Å². The zero-order valence-electron chi connectivity index (χ0n) is 12.2. The van der Waals surface area contributed by atoms with Gasteiger partial charge in [-0.25, -0.2) is 0 Å². The van der Waals surface area contributed by atoms with Gasteiger partial charge in [0.05, 0.1) is 17.1 Å². The average Bonchev–Trinajstić information content (AvgIpc) is 2.55. The van der Waals surface area contributed by atoms with E-state index in [-0.39, 0.29) is 24.5 Å². The van der Waals surface area contributed by atoms with Crippen LogP contribution >= 0.6 is 0 Å². The number of carbonyl (C=O) groups excluding carboxylic acids is 1. The molecule has 6 heteroatoms. The molecule has 1 rings (SSSR count). The highest BCUT2D eigenvalue weighted by molar-refractivity contribution is 5.76. The van der Waals surface area contributed by atoms with Crippen molar-refractivity contribution in [3.8, 4) is 0 Å². The van der Waals surface area contributed by atoms with Gasteiger partial charge in [0, 0.05) is 13.2 Å². The maximum Gasteiger partial charge on any atom is 0.241 e. The van der Waals surface area contributed by atoms with Crippen molar-refractivity contribution >= 4 is 11.6 Å². The molecular weight excluding hydrogens is 244 g/mol. The molecular formula is C13H24N4O2. The molecule has 0 aliphatic heterocycles. The van der Waals surface area contributed by atoms with Gasteiger partial charge in [-0.1, -0.05) is 13.8 Å². The Morgan fingerprint density at radius 1 is 1.47 bits per heavy atom. The number of nitrogens with zero attached hydrogens (tertiary/aromatic N) is 2. The lowest BCUT2D eigenvalue weighted by molar-refractivity contribution is -0.122. The number of hydrogen-bond acceptors (Lipinski definition) is 4. The van der Waals surface area contributed by atoms with Crippen molar-refractivity contribution in [2.24, 2.45) is 5.41 Å². The van der Waals surface area contributed by atoms with Gasteiger partial charge in [-0.15, -0.1) is 0 Å². The van der Waals surface area contributed by atoms with Crippen LogP contribution in [0.4, 0.5) is 5.69 Å². The number of aliphatic hydroxyl groups excluding tert-OH is 1. The summed E-state index contributed by atoms with van der Waals surface area (Å²) >= 11 is 0. The number of carbonyl (C=O) groups is 1. The molecule has 0 aromatic carbocycles. The van der Waals surface area contributed by atoms with Crippen LogP contribution in [-0.4, -0.2) is 33.9 Å². The van der Waals surface area contributed by atoms with Crippen LogP contribution in [0.25, 0.3) is 0 Å². The van der Waals surface area contributed by atoms with E-state index in [1.54, 1.807) is 4.68 Å². The summed E-state index contributed by atoms with van der Waals surface area (Å²) in [6, 6.07) is 0. The monoisotopic (exact) mass is 268 g/mol. The van der Waals surface area contributed by atoms with Crippen LogP contribution in [0.2, 0.25) is 0 Å². The summed E-state index contributed by atoms with van der Waals surface area (Å²) in [4.78, 5) is 11.9. The van der Waals surface area contributed by atoms with E-state index in [0.717, 1.165) is 11.4 Å². The molecule has 0 saturated heterocycles. The van der Waals surface area contributed by atoms with Crippen LogP contribution in [0, 0.1) is 19.3 Å². The number of nitrogens with two attached hydrogens (primary N) is 1. The summed E-state index contributed by atoms with van der Waals surface area (Å²) in [5, 5.41) is 16.0. The first-order valence-corrected chi connectivity index (χ1v) is 6.44. The maximum absolute atomic E-state index is 11.9. The molecule has 0 aliphatic carbocycles. The molecule has 1 aromatic heterocycles. The minimum Gasteiger partial charge on any atom is -0.396 e. The standard InChI is InChI=1S/C13H24N4O2/c1-9-12(14)10(2)17(16-9)7-11(19)15-8-13(3,4)5-6-18/h18H,5-8,14H2,1-4H3,(H,15,19). The topological polar surface area (TPSA) is 93.2 Å². The second-order valence-electron chi connectivity index (χ2n) is 5.66. The van der Waals surface area contributed by atoms with E-state index in [9.17, 15) is 4.79 Å². The third kappa shape index (κ3) is 4.24. The van der Waals surface area contributed by atoms with E-state index in [4.69, 9.17) is 10.8 Å². The van der Waals surface area contributed by atoms with E-state index in [1.165, 1.54) is 0 Å². The van der Waals surface area contributed by atoms with Gasteiger partial charge in [0.15, 0.2) is 0 Å². The Hall–Kier alpha value is -1.56. The lowest BCUT2D eigenvalue weighted by Crippen LogP contribution is -2.36. The predicted molar refractivity (Wildman–Crippen MR) is 74.6 cm³/mol. The molecule has 0 atom stereocenters. The summed E-state index contributed by atoms with van der Waals surface area (Å²) in [6.45, 7) is 8.49. The second kappa shape index (κ2) is 6.06. The lowest BCUT2D eigenvalue weighted by Gasteiger charge is -2.23. The van der Waals surface area contributed by atoms with Gasteiger partial charge in [0.25, 0.3) is 0 Å². The van der Waals surface area contributed by atoms with Crippen molar-refractivity contribution < 1.29 is 9.90 Å². The summed E-state index contributed by atoms with van der Waals surface area (Å²) < 4.78 is 1.61. The summed E-state index contributed by atoms with van der Waals surface area (Å²) in [6.07, 6.45) is 0.653. The second-order valence-corrected chi connectivity index (χ2v) is 5.66. The number of hydrogen-bond donors (Lipinski definition) is 3. The highest BCUT2D eigenvalue weighted by Gasteiger charge is 2.18. The highest BCUT2D eigenvalue weighted by Crippen LogP contribution is 2.18. The van der Waals surface area contributed by atoms with Gasteiger partial charge in [0.2, 0.25) is 5.91 Å². The number of aliphatic hydroxyl groups is 1. The molecule has 19 heavy (non-hydrogen) atoms. The van der Waals surface area contributed by atoms with E-state index in [2.05, 4.69) is 10.4 Å². The molecule has 0 radical (unpaired) electrons. The molecule has 0 spiro atoms. The van der Waals surface area contributed by atoms with Gasteiger partial charge in [-0.05, 0) is 25.7 Å². The van der Waals surface area contributed by atoms with Gasteiger partial charge in [-0.3, -0.25) is 9.48 Å². The van der Waals surface area contributed by atoms with Crippen molar-refractivity contribution in [2.75, 3.05) is 18.9 Å². The third-order valence-electron chi connectivity index (χ3n) is 3.28. The zero-order valence-corrected chi connectivity index (χ0v) is 12.2. The number of aryl methyl sites for hydroxylation is 1. The van der Waals surface area contributed by atoms with E-state index in [1.807, 2.05) is 27.7 Å². The first-order chi connectivity index (χ1) is 8.76. The fourth-order valence-electron chi connectivity index (χ4n) is 1.79. The fraction of sp³-hybridized carbons (Fsp3) is 0.692. The number of anilines is 1. The lowest BCUT2D eigenvalue weighted by atomic mass is 9.90. The molecule has 0 aliphatic rings. The van der Waals surface area contributed by atoms with Crippen LogP contribution in [0.1, 0.15) is 31.7 Å². The molecule has 1 amide bonds. The molecule has 0 unspecified atom stereocenters. The first kappa shape index (κ1) is 15.5. The molecule has 6 nitrogen and oxygen atoms in total. The third-order valence-corrected chi connectivity index (χ3v) is 3.28. The normalized spacial score (nSPS) is 11.6. The molecule has 0 bridgehead atoms. The quantitative estimate of drug-likeness (QED) is 0.704. The SMILES string of the molecule is Cc1nn(CC(=O)NCC(C)(C)CCO)c(C)c1N. The van der Waals surface area contributed by atoms with Crippen LogP contribution in [-0.2, 0) is 11.3 Å². The minimum absolute atomic E-state index is 0.100. The Balaban J connectivity index is 2.54. The Morgan fingerprint density at radius 2 is 2.11 bits per heavy atom. The Kier molecular flexibility index (Phi) is 4.94. The molecule has 0 fully saturated rings.